The molecule has 9 heteroatoms. The molecule has 2 saturated heterocycles. The number of alkyl halides is 2. The van der Waals surface area contributed by atoms with E-state index in [0.29, 0.717) is 47.3 Å². The molecule has 0 spiro atoms. The first kappa shape index (κ1) is 25.4. The molecule has 2 bridgehead atoms. The summed E-state index contributed by atoms with van der Waals surface area (Å²) in [6, 6.07) is 15.1. The summed E-state index contributed by atoms with van der Waals surface area (Å²) in [5.74, 6) is -2.47. The second-order valence-corrected chi connectivity index (χ2v) is 11.5. The van der Waals surface area contributed by atoms with Crippen LogP contribution in [-0.2, 0) is 0 Å². The first-order valence-corrected chi connectivity index (χ1v) is 14.1. The number of rotatable bonds is 5. The number of aromatic nitrogens is 2. The van der Waals surface area contributed by atoms with Crippen LogP contribution in [0, 0.1) is 11.7 Å². The lowest BCUT2D eigenvalue weighted by Crippen LogP contribution is -2.51. The maximum atomic E-state index is 16.4. The van der Waals surface area contributed by atoms with Gasteiger partial charge in [0, 0.05) is 49.0 Å². The summed E-state index contributed by atoms with van der Waals surface area (Å²) in [6.07, 6.45) is 2.62. The van der Waals surface area contributed by atoms with E-state index in [1.165, 1.54) is 0 Å². The molecule has 1 aromatic heterocycles. The Bertz CT molecular complexity index is 1570. The molecular formula is C31H31F3N4O2. The summed E-state index contributed by atoms with van der Waals surface area (Å²) in [5.41, 5.74) is 1.04. The number of piperazine rings is 1. The third-order valence-electron chi connectivity index (χ3n) is 8.70. The largest absolute Gasteiger partial charge is 0.508 e. The highest BCUT2D eigenvalue weighted by Gasteiger charge is 2.36. The van der Waals surface area contributed by atoms with Gasteiger partial charge < -0.3 is 20.1 Å². The van der Waals surface area contributed by atoms with Gasteiger partial charge in [-0.3, -0.25) is 0 Å². The minimum atomic E-state index is -2.61. The lowest BCUT2D eigenvalue weighted by Gasteiger charge is -2.34. The number of nitrogens with one attached hydrogen (secondary N) is 1. The zero-order valence-electron chi connectivity index (χ0n) is 22.0. The molecular weight excluding hydrogens is 517 g/mol. The zero-order valence-corrected chi connectivity index (χ0v) is 22.0. The van der Waals surface area contributed by atoms with Gasteiger partial charge in [-0.15, -0.1) is 0 Å². The van der Waals surface area contributed by atoms with Crippen molar-refractivity contribution >= 4 is 27.5 Å². The van der Waals surface area contributed by atoms with Crippen molar-refractivity contribution in [2.75, 3.05) is 24.6 Å². The lowest BCUT2D eigenvalue weighted by molar-refractivity contribution is -0.0501. The molecule has 2 aliphatic heterocycles. The fourth-order valence-electron chi connectivity index (χ4n) is 6.59. The Labute approximate surface area is 230 Å². The molecule has 4 aromatic rings. The molecule has 1 saturated carbocycles. The third kappa shape index (κ3) is 4.70. The molecule has 208 valence electrons. The Morgan fingerprint density at radius 3 is 2.45 bits per heavy atom. The molecule has 3 heterocycles. The van der Waals surface area contributed by atoms with Crippen LogP contribution < -0.4 is 15.0 Å². The maximum absolute atomic E-state index is 16.4. The topological polar surface area (TPSA) is 70.5 Å². The van der Waals surface area contributed by atoms with Crippen molar-refractivity contribution in [3.63, 3.8) is 0 Å². The summed E-state index contributed by atoms with van der Waals surface area (Å²) < 4.78 is 49.8. The quantitative estimate of drug-likeness (QED) is 0.299. The Kier molecular flexibility index (Phi) is 6.22. The van der Waals surface area contributed by atoms with E-state index in [9.17, 15) is 13.9 Å². The van der Waals surface area contributed by atoms with Crippen LogP contribution in [0.25, 0.3) is 32.8 Å². The number of fused-ring (bicyclic) bond motifs is 4. The highest BCUT2D eigenvalue weighted by molar-refractivity contribution is 6.01. The van der Waals surface area contributed by atoms with Crippen molar-refractivity contribution in [3.05, 3.63) is 54.3 Å². The summed E-state index contributed by atoms with van der Waals surface area (Å²) in [6.45, 7) is 1.72. The second-order valence-electron chi connectivity index (χ2n) is 11.5. The van der Waals surface area contributed by atoms with Gasteiger partial charge in [-0.1, -0.05) is 30.3 Å². The summed E-state index contributed by atoms with van der Waals surface area (Å²) in [7, 11) is 0. The van der Waals surface area contributed by atoms with Crippen LogP contribution in [0.3, 0.4) is 0 Å². The molecule has 6 nitrogen and oxygen atoms in total. The number of hydrogen-bond donors (Lipinski definition) is 2. The highest BCUT2D eigenvalue weighted by atomic mass is 19.3. The molecule has 0 unspecified atom stereocenters. The Morgan fingerprint density at radius 1 is 0.925 bits per heavy atom. The monoisotopic (exact) mass is 548 g/mol. The average Bonchev–Trinajstić information content (AvgIpc) is 3.29. The average molecular weight is 549 g/mol. The number of halogens is 3. The summed E-state index contributed by atoms with van der Waals surface area (Å²) in [4.78, 5) is 11.5. The van der Waals surface area contributed by atoms with E-state index >= 15 is 4.39 Å². The predicted molar refractivity (Wildman–Crippen MR) is 149 cm³/mol. The summed E-state index contributed by atoms with van der Waals surface area (Å²) >= 11 is 0. The molecule has 7 rings (SSSR count). The predicted octanol–water partition coefficient (Wildman–Crippen LogP) is 6.44. The van der Waals surface area contributed by atoms with Gasteiger partial charge in [-0.25, -0.2) is 13.2 Å². The molecule has 3 fully saturated rings. The number of nitrogens with zero attached hydrogens (tertiary/aromatic N) is 3. The molecule has 40 heavy (non-hydrogen) atoms. The first-order chi connectivity index (χ1) is 19.3. The van der Waals surface area contributed by atoms with Crippen LogP contribution in [0.1, 0.15) is 38.5 Å². The third-order valence-corrected chi connectivity index (χ3v) is 8.70. The fourth-order valence-corrected chi connectivity index (χ4v) is 6.59. The number of benzene rings is 3. The van der Waals surface area contributed by atoms with E-state index in [2.05, 4.69) is 15.2 Å². The molecule has 1 aliphatic carbocycles. The van der Waals surface area contributed by atoms with Crippen LogP contribution in [0.4, 0.5) is 19.0 Å². The number of phenols is 1. The molecule has 2 N–H and O–H groups in total. The van der Waals surface area contributed by atoms with Crippen LogP contribution in [0.2, 0.25) is 0 Å². The van der Waals surface area contributed by atoms with Gasteiger partial charge in [0.15, 0.2) is 5.82 Å². The molecule has 0 radical (unpaired) electrons. The van der Waals surface area contributed by atoms with Crippen LogP contribution in [0.5, 0.6) is 11.8 Å². The minimum Gasteiger partial charge on any atom is -0.508 e. The lowest BCUT2D eigenvalue weighted by atomic mass is 9.87. The van der Waals surface area contributed by atoms with Gasteiger partial charge in [-0.05, 0) is 66.1 Å². The van der Waals surface area contributed by atoms with E-state index in [1.807, 2.05) is 30.3 Å². The van der Waals surface area contributed by atoms with Gasteiger partial charge in [0.25, 0.3) is 0 Å². The Morgan fingerprint density at radius 2 is 1.68 bits per heavy atom. The molecule has 2 atom stereocenters. The standard InChI is InChI=1S/C31H31F3N4O2/c32-27-24(26-14-22(39)13-19-3-1-2-4-23(19)26)7-8-25-28(27)36-30(40-17-18-9-11-31(33,34)12-10-18)37-29(25)38-15-20-5-6-21(16-38)35-20/h1-4,7-8,13-14,18,20-21,35,39H,5-6,9-12,15-17H2/t20-,21+. The van der Waals surface area contributed by atoms with E-state index in [4.69, 9.17) is 9.72 Å². The Hall–Kier alpha value is -3.59. The van der Waals surface area contributed by atoms with E-state index in [-0.39, 0.29) is 42.6 Å². The first-order valence-electron chi connectivity index (χ1n) is 14.1. The van der Waals surface area contributed by atoms with Crippen molar-refractivity contribution in [2.45, 2.75) is 56.5 Å². The number of anilines is 1. The SMILES string of the molecule is Oc1cc(-c2ccc3c(N4C[C@H]5CC[C@@H](C4)N5)nc(OCC4CCC(F)(F)CC4)nc3c2F)c2ccccc2c1. The van der Waals surface area contributed by atoms with E-state index < -0.39 is 11.7 Å². The maximum Gasteiger partial charge on any atom is 0.319 e. The van der Waals surface area contributed by atoms with Crippen LogP contribution in [0.15, 0.2) is 48.5 Å². The number of ether oxygens (including phenoxy) is 1. The van der Waals surface area contributed by atoms with Gasteiger partial charge in [-0.2, -0.15) is 9.97 Å². The van der Waals surface area contributed by atoms with E-state index in [0.717, 1.165) is 36.7 Å². The van der Waals surface area contributed by atoms with Gasteiger partial charge in [0.05, 0.1) is 6.61 Å². The normalized spacial score (nSPS) is 22.7. The van der Waals surface area contributed by atoms with Crippen molar-refractivity contribution in [1.29, 1.82) is 0 Å². The molecule has 0 amide bonds. The number of phenolic OH excluding ortho intramolecular Hbond substituents is 1. The van der Waals surface area contributed by atoms with E-state index in [1.54, 1.807) is 18.2 Å². The van der Waals surface area contributed by atoms with Gasteiger partial charge >= 0.3 is 6.01 Å². The van der Waals surface area contributed by atoms with Crippen molar-refractivity contribution in [3.8, 4) is 22.9 Å². The smallest absolute Gasteiger partial charge is 0.319 e. The zero-order chi connectivity index (χ0) is 27.4. The van der Waals surface area contributed by atoms with Gasteiger partial charge in [0.2, 0.25) is 5.92 Å². The van der Waals surface area contributed by atoms with Gasteiger partial charge in [0.1, 0.15) is 17.1 Å². The van der Waals surface area contributed by atoms with Crippen molar-refractivity contribution in [2.24, 2.45) is 5.92 Å². The van der Waals surface area contributed by atoms with Crippen LogP contribution in [-0.4, -0.2) is 52.8 Å². The number of hydrogen-bond acceptors (Lipinski definition) is 6. The minimum absolute atomic E-state index is 0.0211. The second kappa shape index (κ2) is 9.80. The van der Waals surface area contributed by atoms with Crippen molar-refractivity contribution in [1.82, 2.24) is 15.3 Å². The molecule has 3 aliphatic rings. The van der Waals surface area contributed by atoms with Crippen LogP contribution >= 0.6 is 0 Å². The summed E-state index contributed by atoms with van der Waals surface area (Å²) in [5, 5.41) is 16.2. The Balaban J connectivity index is 1.31. The molecule has 3 aromatic carbocycles. The highest BCUT2D eigenvalue weighted by Crippen LogP contribution is 2.40. The van der Waals surface area contributed by atoms with Crippen molar-refractivity contribution < 1.29 is 23.0 Å². The fraction of sp³-hybridized carbons (Fsp3) is 0.419. The number of aromatic hydroxyl groups is 1.